The van der Waals surface area contributed by atoms with Gasteiger partial charge in [0.2, 0.25) is 5.88 Å². The predicted molar refractivity (Wildman–Crippen MR) is 64.5 cm³/mol. The van der Waals surface area contributed by atoms with Gasteiger partial charge in [-0.15, -0.1) is 0 Å². The molecule has 0 radical (unpaired) electrons. The lowest BCUT2D eigenvalue weighted by Gasteiger charge is -2.19. The van der Waals surface area contributed by atoms with Gasteiger partial charge in [-0.2, -0.15) is 5.10 Å². The van der Waals surface area contributed by atoms with Gasteiger partial charge in [-0.3, -0.25) is 5.32 Å². The van der Waals surface area contributed by atoms with E-state index in [0.29, 0.717) is 13.2 Å². The Balaban J connectivity index is 2.24. The van der Waals surface area contributed by atoms with Gasteiger partial charge in [0.1, 0.15) is 17.9 Å². The Morgan fingerprint density at radius 2 is 2.16 bits per heavy atom. The Morgan fingerprint density at radius 1 is 1.47 bits per heavy atom. The van der Waals surface area contributed by atoms with Crippen molar-refractivity contribution in [3.05, 3.63) is 5.69 Å². The maximum absolute atomic E-state index is 11.7. The van der Waals surface area contributed by atoms with Crippen molar-refractivity contribution in [1.82, 2.24) is 9.78 Å². The highest BCUT2D eigenvalue weighted by molar-refractivity contribution is 5.99. The molecule has 0 aromatic carbocycles. The summed E-state index contributed by atoms with van der Waals surface area (Å²) in [5, 5.41) is 15.3. The Bertz CT molecular complexity index is 529. The number of fused-ring (bicyclic) bond motifs is 1. The van der Waals surface area contributed by atoms with Crippen molar-refractivity contribution >= 4 is 17.7 Å². The van der Waals surface area contributed by atoms with Crippen LogP contribution in [0, 0.1) is 0 Å². The Kier molecular flexibility index (Phi) is 3.09. The zero-order chi connectivity index (χ0) is 14.2. The molecule has 2 rings (SSSR count). The number of carbonyl (C=O) groups is 2. The van der Waals surface area contributed by atoms with Crippen LogP contribution in [0.15, 0.2) is 0 Å². The molecule has 1 aliphatic rings. The minimum atomic E-state index is -1.24. The second-order valence-corrected chi connectivity index (χ2v) is 5.03. The van der Waals surface area contributed by atoms with E-state index >= 15 is 0 Å². The molecule has 2 heterocycles. The van der Waals surface area contributed by atoms with E-state index in [4.69, 9.17) is 14.6 Å². The third-order valence-corrected chi connectivity index (χ3v) is 2.28. The van der Waals surface area contributed by atoms with Crippen LogP contribution in [0.25, 0.3) is 0 Å². The van der Waals surface area contributed by atoms with E-state index in [1.807, 2.05) is 0 Å². The zero-order valence-corrected chi connectivity index (χ0v) is 10.9. The number of aromatic nitrogens is 2. The summed E-state index contributed by atoms with van der Waals surface area (Å²) in [7, 11) is 0. The number of nitrogens with one attached hydrogen (secondary N) is 1. The van der Waals surface area contributed by atoms with E-state index < -0.39 is 17.7 Å². The molecule has 0 spiro atoms. The summed E-state index contributed by atoms with van der Waals surface area (Å²) in [6, 6.07) is 0. The van der Waals surface area contributed by atoms with Gasteiger partial charge in [0.15, 0.2) is 5.69 Å². The molecule has 1 aromatic heterocycles. The van der Waals surface area contributed by atoms with E-state index in [2.05, 4.69) is 10.4 Å². The lowest BCUT2D eigenvalue weighted by atomic mass is 10.2. The smallest absolute Gasteiger partial charge is 0.412 e. The fourth-order valence-electron chi connectivity index (χ4n) is 1.64. The average molecular weight is 269 g/mol. The Hall–Kier alpha value is -2.25. The van der Waals surface area contributed by atoms with E-state index in [1.54, 1.807) is 20.8 Å². The van der Waals surface area contributed by atoms with Gasteiger partial charge in [0.05, 0.1) is 6.54 Å². The predicted octanol–water partition coefficient (Wildman–Crippen LogP) is 1.32. The summed E-state index contributed by atoms with van der Waals surface area (Å²) >= 11 is 0. The van der Waals surface area contributed by atoms with Gasteiger partial charge < -0.3 is 14.6 Å². The molecule has 0 fully saturated rings. The third-order valence-electron chi connectivity index (χ3n) is 2.28. The van der Waals surface area contributed by atoms with E-state index in [-0.39, 0.29) is 17.3 Å². The lowest BCUT2D eigenvalue weighted by Crippen LogP contribution is -2.27. The van der Waals surface area contributed by atoms with Crippen molar-refractivity contribution < 1.29 is 24.2 Å². The molecule has 19 heavy (non-hydrogen) atoms. The molecule has 1 aromatic rings. The molecule has 1 amide bonds. The molecule has 1 aliphatic heterocycles. The van der Waals surface area contributed by atoms with Crippen LogP contribution in [0.4, 0.5) is 10.5 Å². The van der Waals surface area contributed by atoms with E-state index in [9.17, 15) is 9.59 Å². The van der Waals surface area contributed by atoms with Crippen molar-refractivity contribution in [2.45, 2.75) is 32.9 Å². The maximum atomic E-state index is 11.7. The molecule has 2 N–H and O–H groups in total. The first-order valence-electron chi connectivity index (χ1n) is 5.75. The SMILES string of the molecule is CC(C)(C)OC(=O)Nc1c(C(=O)O)nn2c1OCC2. The largest absolute Gasteiger partial charge is 0.476 e. The molecule has 8 heteroatoms. The number of carboxylic acids is 1. The first-order chi connectivity index (χ1) is 8.78. The first kappa shape index (κ1) is 13.2. The van der Waals surface area contributed by atoms with E-state index in [0.717, 1.165) is 0 Å². The summed E-state index contributed by atoms with van der Waals surface area (Å²) in [4.78, 5) is 22.8. The number of aromatic carboxylic acids is 1. The number of nitrogens with zero attached hydrogens (tertiary/aromatic N) is 2. The Morgan fingerprint density at radius 3 is 2.74 bits per heavy atom. The van der Waals surface area contributed by atoms with Crippen LogP contribution in [0.2, 0.25) is 0 Å². The molecular weight excluding hydrogens is 254 g/mol. The summed E-state index contributed by atoms with van der Waals surface area (Å²) < 4.78 is 11.7. The minimum Gasteiger partial charge on any atom is -0.476 e. The molecule has 104 valence electrons. The molecular formula is C11H15N3O5. The summed E-state index contributed by atoms with van der Waals surface area (Å²) in [6.07, 6.45) is -0.749. The van der Waals surface area contributed by atoms with Crippen LogP contribution in [-0.2, 0) is 11.3 Å². The van der Waals surface area contributed by atoms with Gasteiger partial charge in [-0.25, -0.2) is 14.3 Å². The molecule has 0 bridgehead atoms. The second kappa shape index (κ2) is 4.45. The molecule has 0 saturated heterocycles. The number of rotatable bonds is 2. The van der Waals surface area contributed by atoms with Crippen LogP contribution in [-0.4, -0.2) is 39.2 Å². The van der Waals surface area contributed by atoms with Crippen molar-refractivity contribution in [2.24, 2.45) is 0 Å². The monoisotopic (exact) mass is 269 g/mol. The fourth-order valence-corrected chi connectivity index (χ4v) is 1.64. The van der Waals surface area contributed by atoms with Crippen LogP contribution in [0.1, 0.15) is 31.3 Å². The molecule has 0 unspecified atom stereocenters. The number of ether oxygens (including phenoxy) is 2. The number of carboxylic acid groups (broad SMARTS) is 1. The zero-order valence-electron chi connectivity index (χ0n) is 10.9. The average Bonchev–Trinajstić information content (AvgIpc) is 2.77. The van der Waals surface area contributed by atoms with Gasteiger partial charge in [-0.1, -0.05) is 0 Å². The minimum absolute atomic E-state index is 0.0271. The normalized spacial score (nSPS) is 13.6. The number of hydrogen-bond donors (Lipinski definition) is 2. The standard InChI is InChI=1S/C11H15N3O5/c1-11(2,3)19-10(17)12-6-7(9(15)16)13-14-4-5-18-8(6)14/h4-5H2,1-3H3,(H,12,17)(H,15,16). The van der Waals surface area contributed by atoms with Crippen LogP contribution in [0.3, 0.4) is 0 Å². The second-order valence-electron chi connectivity index (χ2n) is 5.03. The van der Waals surface area contributed by atoms with Crippen LogP contribution >= 0.6 is 0 Å². The number of anilines is 1. The highest BCUT2D eigenvalue weighted by atomic mass is 16.6. The summed E-state index contributed by atoms with van der Waals surface area (Å²) in [6.45, 7) is 5.98. The molecule has 0 saturated carbocycles. The van der Waals surface area contributed by atoms with Crippen molar-refractivity contribution in [3.8, 4) is 5.88 Å². The van der Waals surface area contributed by atoms with Crippen molar-refractivity contribution in [1.29, 1.82) is 0 Å². The number of amides is 1. The van der Waals surface area contributed by atoms with Crippen molar-refractivity contribution in [3.63, 3.8) is 0 Å². The number of carbonyl (C=O) groups excluding carboxylic acids is 1. The van der Waals surface area contributed by atoms with Gasteiger partial charge in [0.25, 0.3) is 0 Å². The highest BCUT2D eigenvalue weighted by Crippen LogP contribution is 2.32. The topological polar surface area (TPSA) is 103 Å². The highest BCUT2D eigenvalue weighted by Gasteiger charge is 2.29. The molecule has 0 atom stereocenters. The first-order valence-corrected chi connectivity index (χ1v) is 5.75. The number of hydrogen-bond acceptors (Lipinski definition) is 5. The Labute approximate surface area is 109 Å². The quantitative estimate of drug-likeness (QED) is 0.839. The lowest BCUT2D eigenvalue weighted by molar-refractivity contribution is 0.0635. The summed E-state index contributed by atoms with van der Waals surface area (Å²) in [5.74, 6) is -1.00. The third kappa shape index (κ3) is 2.78. The summed E-state index contributed by atoms with van der Waals surface area (Å²) in [5.41, 5.74) is -0.912. The van der Waals surface area contributed by atoms with Crippen LogP contribution in [0.5, 0.6) is 5.88 Å². The van der Waals surface area contributed by atoms with Gasteiger partial charge in [-0.05, 0) is 20.8 Å². The van der Waals surface area contributed by atoms with Crippen LogP contribution < -0.4 is 10.1 Å². The van der Waals surface area contributed by atoms with Crippen molar-refractivity contribution in [2.75, 3.05) is 11.9 Å². The molecule has 0 aliphatic carbocycles. The van der Waals surface area contributed by atoms with Gasteiger partial charge in [0, 0.05) is 0 Å². The fraction of sp³-hybridized carbons (Fsp3) is 0.545. The van der Waals surface area contributed by atoms with E-state index in [1.165, 1.54) is 4.68 Å². The molecule has 8 nitrogen and oxygen atoms in total. The maximum Gasteiger partial charge on any atom is 0.412 e. The van der Waals surface area contributed by atoms with Gasteiger partial charge >= 0.3 is 12.1 Å².